The van der Waals surface area contributed by atoms with E-state index in [1.54, 1.807) is 9.80 Å². The molecule has 2 amide bonds. The molecule has 0 aromatic rings. The highest BCUT2D eigenvalue weighted by molar-refractivity contribution is 5.91. The van der Waals surface area contributed by atoms with Gasteiger partial charge in [0.25, 0.3) is 0 Å². The van der Waals surface area contributed by atoms with E-state index in [0.29, 0.717) is 26.2 Å². The lowest BCUT2D eigenvalue weighted by Crippen LogP contribution is -2.49. The maximum absolute atomic E-state index is 12.2. The summed E-state index contributed by atoms with van der Waals surface area (Å²) in [6.45, 7) is 5.68. The van der Waals surface area contributed by atoms with Gasteiger partial charge in [0.1, 0.15) is 0 Å². The number of nitrogens with zero attached hydrogens (tertiary/aromatic N) is 2. The van der Waals surface area contributed by atoms with Crippen molar-refractivity contribution < 1.29 is 19.5 Å². The summed E-state index contributed by atoms with van der Waals surface area (Å²) in [4.78, 5) is 37.2. The molecule has 18 heavy (non-hydrogen) atoms. The Morgan fingerprint density at radius 2 is 1.72 bits per heavy atom. The molecular formula is C12H18N2O4. The van der Waals surface area contributed by atoms with E-state index in [1.807, 2.05) is 13.8 Å². The SMILES string of the molecule is CC1(C)C(C(=O)O)C1C(=O)N1CCN(C=O)CC1. The molecule has 0 spiro atoms. The fourth-order valence-electron chi connectivity index (χ4n) is 2.80. The molecule has 1 aliphatic carbocycles. The van der Waals surface area contributed by atoms with Gasteiger partial charge >= 0.3 is 5.97 Å². The number of hydrogen-bond donors (Lipinski definition) is 1. The molecule has 2 rings (SSSR count). The number of rotatable bonds is 3. The molecule has 0 radical (unpaired) electrons. The van der Waals surface area contributed by atoms with Crippen LogP contribution in [0.4, 0.5) is 0 Å². The molecule has 2 aliphatic rings. The Morgan fingerprint density at radius 3 is 2.11 bits per heavy atom. The molecule has 0 aromatic heterocycles. The minimum absolute atomic E-state index is 0.0852. The molecule has 0 aromatic carbocycles. The minimum Gasteiger partial charge on any atom is -0.481 e. The monoisotopic (exact) mass is 254 g/mol. The van der Waals surface area contributed by atoms with E-state index in [2.05, 4.69) is 0 Å². The van der Waals surface area contributed by atoms with E-state index >= 15 is 0 Å². The highest BCUT2D eigenvalue weighted by Gasteiger charge is 2.66. The van der Waals surface area contributed by atoms with Crippen molar-refractivity contribution in [3.8, 4) is 0 Å². The first-order valence-corrected chi connectivity index (χ1v) is 6.10. The summed E-state index contributed by atoms with van der Waals surface area (Å²) < 4.78 is 0. The number of aliphatic carboxylic acids is 1. The first-order chi connectivity index (χ1) is 8.39. The van der Waals surface area contributed by atoms with Crippen molar-refractivity contribution >= 4 is 18.3 Å². The van der Waals surface area contributed by atoms with Gasteiger partial charge in [0, 0.05) is 26.2 Å². The Labute approximate surface area is 106 Å². The zero-order valence-electron chi connectivity index (χ0n) is 10.6. The maximum Gasteiger partial charge on any atom is 0.307 e. The van der Waals surface area contributed by atoms with E-state index < -0.39 is 23.2 Å². The molecule has 100 valence electrons. The molecule has 0 bridgehead atoms. The van der Waals surface area contributed by atoms with Crippen molar-refractivity contribution in [3.05, 3.63) is 0 Å². The highest BCUT2D eigenvalue weighted by Crippen LogP contribution is 2.59. The number of carboxylic acids is 1. The summed E-state index contributed by atoms with van der Waals surface area (Å²) in [5.74, 6) is -1.98. The smallest absolute Gasteiger partial charge is 0.307 e. The van der Waals surface area contributed by atoms with Crippen LogP contribution in [0.15, 0.2) is 0 Å². The molecule has 1 saturated carbocycles. The molecule has 2 fully saturated rings. The van der Waals surface area contributed by atoms with Crippen LogP contribution in [0.2, 0.25) is 0 Å². The lowest BCUT2D eigenvalue weighted by Gasteiger charge is -2.33. The molecule has 6 heteroatoms. The van der Waals surface area contributed by atoms with E-state index in [1.165, 1.54) is 0 Å². The third-order valence-electron chi connectivity index (χ3n) is 4.13. The molecule has 2 atom stereocenters. The molecule has 1 aliphatic heterocycles. The van der Waals surface area contributed by atoms with Crippen molar-refractivity contribution in [1.82, 2.24) is 9.80 Å². The third kappa shape index (κ3) is 1.95. The highest BCUT2D eigenvalue weighted by atomic mass is 16.4. The van der Waals surface area contributed by atoms with Gasteiger partial charge in [-0.25, -0.2) is 0 Å². The lowest BCUT2D eigenvalue weighted by molar-refractivity contribution is -0.142. The molecule has 1 saturated heterocycles. The Bertz CT molecular complexity index is 386. The summed E-state index contributed by atoms with van der Waals surface area (Å²) in [5.41, 5.74) is -0.454. The van der Waals surface area contributed by atoms with Crippen molar-refractivity contribution in [2.24, 2.45) is 17.3 Å². The van der Waals surface area contributed by atoms with Crippen LogP contribution in [0.1, 0.15) is 13.8 Å². The van der Waals surface area contributed by atoms with Gasteiger partial charge < -0.3 is 14.9 Å². The first-order valence-electron chi connectivity index (χ1n) is 6.10. The molecule has 1 N–H and O–H groups in total. The Morgan fingerprint density at radius 1 is 1.17 bits per heavy atom. The summed E-state index contributed by atoms with van der Waals surface area (Å²) in [6.07, 6.45) is 0.781. The third-order valence-corrected chi connectivity index (χ3v) is 4.13. The summed E-state index contributed by atoms with van der Waals surface area (Å²) in [6, 6.07) is 0. The maximum atomic E-state index is 12.2. The molecule has 6 nitrogen and oxygen atoms in total. The van der Waals surface area contributed by atoms with Gasteiger partial charge in [-0.1, -0.05) is 13.8 Å². The van der Waals surface area contributed by atoms with Gasteiger partial charge in [0.05, 0.1) is 11.8 Å². The number of carboxylic acid groups (broad SMARTS) is 1. The average Bonchev–Trinajstić information content (AvgIpc) is 2.92. The van der Waals surface area contributed by atoms with Gasteiger partial charge in [-0.2, -0.15) is 0 Å². The largest absolute Gasteiger partial charge is 0.481 e. The second kappa shape index (κ2) is 4.26. The molecule has 1 heterocycles. The summed E-state index contributed by atoms with van der Waals surface area (Å²) in [7, 11) is 0. The van der Waals surface area contributed by atoms with Crippen molar-refractivity contribution in [2.45, 2.75) is 13.8 Å². The van der Waals surface area contributed by atoms with Gasteiger partial charge in [-0.15, -0.1) is 0 Å². The predicted octanol–water partition coefficient (Wildman–Crippen LogP) is -0.356. The van der Waals surface area contributed by atoms with Crippen molar-refractivity contribution in [3.63, 3.8) is 0 Å². The Kier molecular flexibility index (Phi) is 3.04. The van der Waals surface area contributed by atoms with Crippen LogP contribution in [-0.4, -0.2) is 59.4 Å². The molecule has 2 unspecified atom stereocenters. The molecular weight excluding hydrogens is 236 g/mol. The van der Waals surface area contributed by atoms with Crippen LogP contribution in [0, 0.1) is 17.3 Å². The topological polar surface area (TPSA) is 77.9 Å². The van der Waals surface area contributed by atoms with Crippen molar-refractivity contribution in [1.29, 1.82) is 0 Å². The van der Waals surface area contributed by atoms with Crippen LogP contribution < -0.4 is 0 Å². The zero-order chi connectivity index (χ0) is 13.5. The number of carbonyl (C=O) groups is 3. The number of piperazine rings is 1. The van der Waals surface area contributed by atoms with Crippen LogP contribution >= 0.6 is 0 Å². The number of carbonyl (C=O) groups excluding carboxylic acids is 2. The van der Waals surface area contributed by atoms with Crippen LogP contribution in [0.3, 0.4) is 0 Å². The van der Waals surface area contributed by atoms with E-state index in [4.69, 9.17) is 5.11 Å². The van der Waals surface area contributed by atoms with Crippen molar-refractivity contribution in [2.75, 3.05) is 26.2 Å². The van der Waals surface area contributed by atoms with E-state index in [9.17, 15) is 14.4 Å². The number of hydrogen-bond acceptors (Lipinski definition) is 3. The fourth-order valence-corrected chi connectivity index (χ4v) is 2.80. The minimum atomic E-state index is -0.898. The summed E-state index contributed by atoms with van der Waals surface area (Å²) >= 11 is 0. The normalized spacial score (nSPS) is 29.9. The van der Waals surface area contributed by atoms with E-state index in [0.717, 1.165) is 6.41 Å². The Hall–Kier alpha value is -1.59. The van der Waals surface area contributed by atoms with Crippen LogP contribution in [-0.2, 0) is 14.4 Å². The van der Waals surface area contributed by atoms with Gasteiger partial charge in [0.15, 0.2) is 0 Å². The second-order valence-corrected chi connectivity index (χ2v) is 5.58. The van der Waals surface area contributed by atoms with E-state index in [-0.39, 0.29) is 5.91 Å². The van der Waals surface area contributed by atoms with Gasteiger partial charge in [0.2, 0.25) is 12.3 Å². The fraction of sp³-hybridized carbons (Fsp3) is 0.750. The standard InChI is InChI=1S/C12H18N2O4/c1-12(2)8(9(12)11(17)18)10(16)14-5-3-13(7-15)4-6-14/h7-9H,3-6H2,1-2H3,(H,17,18). The first kappa shape index (κ1) is 12.9. The van der Waals surface area contributed by atoms with Gasteiger partial charge in [-0.3, -0.25) is 14.4 Å². The lowest BCUT2D eigenvalue weighted by atomic mass is 10.1. The predicted molar refractivity (Wildman–Crippen MR) is 62.6 cm³/mol. The van der Waals surface area contributed by atoms with Gasteiger partial charge in [-0.05, 0) is 5.41 Å². The summed E-state index contributed by atoms with van der Waals surface area (Å²) in [5, 5.41) is 9.06. The number of amides is 2. The average molecular weight is 254 g/mol. The quantitative estimate of drug-likeness (QED) is 0.698. The second-order valence-electron chi connectivity index (χ2n) is 5.58. The Balaban J connectivity index is 1.98. The zero-order valence-corrected chi connectivity index (χ0v) is 10.6. The van der Waals surface area contributed by atoms with Crippen LogP contribution in [0.25, 0.3) is 0 Å². The van der Waals surface area contributed by atoms with Crippen LogP contribution in [0.5, 0.6) is 0 Å².